The third-order valence-corrected chi connectivity index (χ3v) is 4.08. The lowest BCUT2D eigenvalue weighted by Crippen LogP contribution is -2.46. The highest BCUT2D eigenvalue weighted by Crippen LogP contribution is 2.35. The SMILES string of the molecule is CSCC[C@H](NC(C)=O)C(=O)NCc1cncn1C1CC1. The molecule has 2 N–H and O–H groups in total. The van der Waals surface area contributed by atoms with Crippen LogP contribution >= 0.6 is 11.8 Å². The minimum atomic E-state index is -0.466. The Morgan fingerprint density at radius 3 is 2.90 bits per heavy atom. The van der Waals surface area contributed by atoms with Crippen LogP contribution in [0.3, 0.4) is 0 Å². The van der Waals surface area contributed by atoms with E-state index in [1.54, 1.807) is 18.0 Å². The summed E-state index contributed by atoms with van der Waals surface area (Å²) in [5.41, 5.74) is 1.01. The Balaban J connectivity index is 1.88. The Labute approximate surface area is 129 Å². The maximum atomic E-state index is 12.2. The topological polar surface area (TPSA) is 76.0 Å². The fraction of sp³-hybridized carbons (Fsp3) is 0.643. The first kappa shape index (κ1) is 15.9. The molecule has 116 valence electrons. The molecular formula is C14H22N4O2S. The first-order valence-electron chi connectivity index (χ1n) is 7.16. The Morgan fingerprint density at radius 2 is 2.29 bits per heavy atom. The van der Waals surface area contributed by atoms with Crippen molar-refractivity contribution in [2.75, 3.05) is 12.0 Å². The van der Waals surface area contributed by atoms with E-state index < -0.39 is 6.04 Å². The summed E-state index contributed by atoms with van der Waals surface area (Å²) in [6, 6.07) is 0.0780. The highest BCUT2D eigenvalue weighted by atomic mass is 32.2. The maximum absolute atomic E-state index is 12.2. The predicted octanol–water partition coefficient (Wildman–Crippen LogP) is 1.09. The van der Waals surface area contributed by atoms with Gasteiger partial charge in [-0.3, -0.25) is 9.59 Å². The number of hydrogen-bond acceptors (Lipinski definition) is 4. The first-order chi connectivity index (χ1) is 10.1. The molecule has 7 heteroatoms. The lowest BCUT2D eigenvalue weighted by molar-refractivity contribution is -0.128. The van der Waals surface area contributed by atoms with Crippen LogP contribution in [0.4, 0.5) is 0 Å². The van der Waals surface area contributed by atoms with Crippen LogP contribution in [-0.4, -0.2) is 39.4 Å². The van der Waals surface area contributed by atoms with Gasteiger partial charge >= 0.3 is 0 Å². The van der Waals surface area contributed by atoms with Crippen LogP contribution in [0.5, 0.6) is 0 Å². The van der Waals surface area contributed by atoms with Gasteiger partial charge in [-0.05, 0) is 31.3 Å². The van der Waals surface area contributed by atoms with Crippen molar-refractivity contribution < 1.29 is 9.59 Å². The lowest BCUT2D eigenvalue weighted by atomic mass is 10.2. The summed E-state index contributed by atoms with van der Waals surface area (Å²) in [6.45, 7) is 1.88. The van der Waals surface area contributed by atoms with E-state index >= 15 is 0 Å². The molecule has 0 unspecified atom stereocenters. The number of imidazole rings is 1. The number of thioether (sulfide) groups is 1. The van der Waals surface area contributed by atoms with E-state index in [4.69, 9.17) is 0 Å². The van der Waals surface area contributed by atoms with E-state index in [-0.39, 0.29) is 11.8 Å². The molecule has 1 aliphatic rings. The van der Waals surface area contributed by atoms with E-state index in [9.17, 15) is 9.59 Å². The molecule has 21 heavy (non-hydrogen) atoms. The van der Waals surface area contributed by atoms with Gasteiger partial charge in [0.05, 0.1) is 18.6 Å². The second-order valence-corrected chi connectivity index (χ2v) is 6.26. The Kier molecular flexibility index (Phi) is 5.67. The van der Waals surface area contributed by atoms with Gasteiger partial charge in [-0.15, -0.1) is 0 Å². The number of nitrogens with zero attached hydrogens (tertiary/aromatic N) is 2. The summed E-state index contributed by atoms with van der Waals surface area (Å²) in [5.74, 6) is 0.514. The van der Waals surface area contributed by atoms with Crippen LogP contribution in [0, 0.1) is 0 Å². The van der Waals surface area contributed by atoms with Gasteiger partial charge in [-0.25, -0.2) is 4.98 Å². The molecule has 1 saturated carbocycles. The molecule has 6 nitrogen and oxygen atoms in total. The number of amides is 2. The van der Waals surface area contributed by atoms with Crippen molar-refractivity contribution in [1.82, 2.24) is 20.2 Å². The maximum Gasteiger partial charge on any atom is 0.242 e. The summed E-state index contributed by atoms with van der Waals surface area (Å²) in [6.07, 6.45) is 8.58. The van der Waals surface area contributed by atoms with E-state index in [1.165, 1.54) is 19.8 Å². The molecule has 1 aromatic rings. The Bertz CT molecular complexity index is 499. The number of carbonyl (C=O) groups excluding carboxylic acids is 2. The van der Waals surface area contributed by atoms with Crippen LogP contribution in [0.1, 0.15) is 37.9 Å². The molecule has 1 fully saturated rings. The summed E-state index contributed by atoms with van der Waals surface area (Å²) < 4.78 is 2.12. The highest BCUT2D eigenvalue weighted by molar-refractivity contribution is 7.98. The standard InChI is InChI=1S/C14H22N4O2S/c1-10(19)17-13(5-6-21-2)14(20)16-8-12-7-15-9-18(12)11-3-4-11/h7,9,11,13H,3-6,8H2,1-2H3,(H,16,20)(H,17,19)/t13-/m0/s1. The number of rotatable bonds is 8. The zero-order valence-electron chi connectivity index (χ0n) is 12.5. The van der Waals surface area contributed by atoms with E-state index in [1.807, 2.05) is 12.6 Å². The summed E-state index contributed by atoms with van der Waals surface area (Å²) >= 11 is 1.66. The van der Waals surface area contributed by atoms with Gasteiger partial charge in [0.2, 0.25) is 11.8 Å². The zero-order valence-corrected chi connectivity index (χ0v) is 13.3. The van der Waals surface area contributed by atoms with Crippen molar-refractivity contribution in [3.05, 3.63) is 18.2 Å². The van der Waals surface area contributed by atoms with E-state index in [0.29, 0.717) is 19.0 Å². The molecule has 2 rings (SSSR count). The molecule has 0 radical (unpaired) electrons. The summed E-state index contributed by atoms with van der Waals surface area (Å²) in [5, 5.41) is 5.61. The molecule has 0 aromatic carbocycles. The van der Waals surface area contributed by atoms with Gasteiger partial charge in [-0.1, -0.05) is 0 Å². The van der Waals surface area contributed by atoms with Gasteiger partial charge in [-0.2, -0.15) is 11.8 Å². The van der Waals surface area contributed by atoms with Crippen LogP contribution in [-0.2, 0) is 16.1 Å². The van der Waals surface area contributed by atoms with Crippen molar-refractivity contribution in [2.24, 2.45) is 0 Å². The lowest BCUT2D eigenvalue weighted by Gasteiger charge is -2.17. The number of carbonyl (C=O) groups is 2. The van der Waals surface area contributed by atoms with Crippen molar-refractivity contribution >= 4 is 23.6 Å². The zero-order chi connectivity index (χ0) is 15.2. The number of hydrogen-bond donors (Lipinski definition) is 2. The van der Waals surface area contributed by atoms with Crippen LogP contribution < -0.4 is 10.6 Å². The largest absolute Gasteiger partial charge is 0.349 e. The molecule has 0 aliphatic heterocycles. The summed E-state index contributed by atoms with van der Waals surface area (Å²) in [7, 11) is 0. The van der Waals surface area contributed by atoms with Crippen LogP contribution in [0.15, 0.2) is 12.5 Å². The number of aromatic nitrogens is 2. The molecule has 1 aliphatic carbocycles. The quantitative estimate of drug-likeness (QED) is 0.754. The van der Waals surface area contributed by atoms with Crippen molar-refractivity contribution in [3.63, 3.8) is 0 Å². The smallest absolute Gasteiger partial charge is 0.242 e. The average Bonchev–Trinajstić information content (AvgIpc) is 3.19. The van der Waals surface area contributed by atoms with Crippen molar-refractivity contribution in [3.8, 4) is 0 Å². The van der Waals surface area contributed by atoms with Gasteiger partial charge < -0.3 is 15.2 Å². The highest BCUT2D eigenvalue weighted by Gasteiger charge is 2.25. The van der Waals surface area contributed by atoms with Crippen molar-refractivity contribution in [2.45, 2.75) is 44.8 Å². The predicted molar refractivity (Wildman–Crippen MR) is 82.9 cm³/mol. The van der Waals surface area contributed by atoms with Gasteiger partial charge in [0.25, 0.3) is 0 Å². The van der Waals surface area contributed by atoms with Gasteiger partial charge in [0, 0.05) is 19.2 Å². The molecule has 0 saturated heterocycles. The fourth-order valence-electron chi connectivity index (χ4n) is 2.20. The molecule has 1 atom stereocenters. The third kappa shape index (κ3) is 4.77. The minimum Gasteiger partial charge on any atom is -0.349 e. The third-order valence-electron chi connectivity index (χ3n) is 3.43. The van der Waals surface area contributed by atoms with E-state index in [2.05, 4.69) is 20.2 Å². The van der Waals surface area contributed by atoms with Crippen molar-refractivity contribution in [1.29, 1.82) is 0 Å². The molecule has 1 heterocycles. The molecule has 2 amide bonds. The summed E-state index contributed by atoms with van der Waals surface area (Å²) in [4.78, 5) is 27.5. The average molecular weight is 310 g/mol. The van der Waals surface area contributed by atoms with E-state index in [0.717, 1.165) is 11.4 Å². The molecule has 0 bridgehead atoms. The van der Waals surface area contributed by atoms with Gasteiger partial charge in [0.1, 0.15) is 6.04 Å². The Morgan fingerprint density at radius 1 is 1.52 bits per heavy atom. The molecular weight excluding hydrogens is 288 g/mol. The second kappa shape index (κ2) is 7.49. The van der Waals surface area contributed by atoms with Crippen LogP contribution in [0.2, 0.25) is 0 Å². The Hall–Kier alpha value is -1.50. The molecule has 0 spiro atoms. The molecule has 1 aromatic heterocycles. The number of nitrogens with one attached hydrogen (secondary N) is 2. The van der Waals surface area contributed by atoms with Gasteiger partial charge in [0.15, 0.2) is 0 Å². The minimum absolute atomic E-state index is 0.136. The first-order valence-corrected chi connectivity index (χ1v) is 8.55. The normalized spacial score (nSPS) is 15.5. The monoisotopic (exact) mass is 310 g/mol. The second-order valence-electron chi connectivity index (χ2n) is 5.28. The van der Waals surface area contributed by atoms with Crippen LogP contribution in [0.25, 0.3) is 0 Å². The fourth-order valence-corrected chi connectivity index (χ4v) is 2.67.